The third kappa shape index (κ3) is 1.91. The molecule has 0 aliphatic carbocycles. The molecule has 0 aliphatic rings. The van der Waals surface area contributed by atoms with E-state index in [4.69, 9.17) is 0 Å². The second-order valence-electron chi connectivity index (χ2n) is 2.45. The molecule has 0 saturated carbocycles. The Hall–Kier alpha value is -1.18. The maximum absolute atomic E-state index is 12.9. The first kappa shape index (κ1) is 8.91. The van der Waals surface area contributed by atoms with Crippen LogP contribution in [0.15, 0.2) is 24.3 Å². The Bertz CT molecular complexity index is 270. The van der Waals surface area contributed by atoms with Gasteiger partial charge in [-0.3, -0.25) is 0 Å². The van der Waals surface area contributed by atoms with Gasteiger partial charge < -0.3 is 0 Å². The zero-order valence-corrected chi connectivity index (χ0v) is 6.85. The van der Waals surface area contributed by atoms with Crippen molar-refractivity contribution in [3.63, 3.8) is 0 Å². The van der Waals surface area contributed by atoms with Gasteiger partial charge in [0.15, 0.2) is 0 Å². The molecule has 0 bridgehead atoms. The highest BCUT2D eigenvalue weighted by atomic mass is 19.1. The number of benzene rings is 1. The first-order valence-electron chi connectivity index (χ1n) is 3.86. The third-order valence-electron chi connectivity index (χ3n) is 1.52. The number of hydrogen-bond donors (Lipinski definition) is 0. The molecule has 64 valence electrons. The molecular weight excluding hydrogens is 158 g/mol. The topological polar surface area (TPSA) is 0 Å². The molecule has 0 aliphatic heterocycles. The molecule has 1 aromatic carbocycles. The van der Waals surface area contributed by atoms with E-state index in [2.05, 4.69) is 0 Å². The summed E-state index contributed by atoms with van der Waals surface area (Å²) in [6.45, 7) is 1.91. The Morgan fingerprint density at radius 1 is 1.25 bits per heavy atom. The van der Waals surface area contributed by atoms with Crippen LogP contribution in [0.4, 0.5) is 8.78 Å². The molecule has 0 atom stereocenters. The summed E-state index contributed by atoms with van der Waals surface area (Å²) in [4.78, 5) is 0. The number of halogens is 2. The van der Waals surface area contributed by atoms with Gasteiger partial charge in [0.05, 0.1) is 0 Å². The fourth-order valence-electron chi connectivity index (χ4n) is 0.906. The zero-order valence-electron chi connectivity index (χ0n) is 6.85. The Labute approximate surface area is 70.5 Å². The van der Waals surface area contributed by atoms with Gasteiger partial charge in [-0.2, -0.15) is 0 Å². The second-order valence-corrected chi connectivity index (χ2v) is 2.45. The summed E-state index contributed by atoms with van der Waals surface area (Å²) in [5.74, 6) is -1.03. The van der Waals surface area contributed by atoms with Crippen molar-refractivity contribution in [2.24, 2.45) is 0 Å². The highest BCUT2D eigenvalue weighted by molar-refractivity contribution is 5.50. The Morgan fingerprint density at radius 2 is 1.83 bits per heavy atom. The summed E-state index contributed by atoms with van der Waals surface area (Å²) < 4.78 is 25.8. The average Bonchev–Trinajstić information content (AvgIpc) is 2.04. The summed E-state index contributed by atoms with van der Waals surface area (Å²) in [5, 5.41) is 0. The molecule has 0 unspecified atom stereocenters. The number of rotatable bonds is 2. The highest BCUT2D eigenvalue weighted by Gasteiger charge is 2.02. The molecular formula is C10H10F2. The van der Waals surface area contributed by atoms with Crippen molar-refractivity contribution in [1.29, 1.82) is 0 Å². The van der Waals surface area contributed by atoms with Crippen LogP contribution in [0.2, 0.25) is 0 Å². The van der Waals surface area contributed by atoms with Crippen LogP contribution in [-0.4, -0.2) is 0 Å². The average molecular weight is 168 g/mol. The minimum atomic E-state index is -0.514. The summed E-state index contributed by atoms with van der Waals surface area (Å²) in [7, 11) is 0. The van der Waals surface area contributed by atoms with Gasteiger partial charge in [-0.25, -0.2) is 8.78 Å². The van der Waals surface area contributed by atoms with Crippen molar-refractivity contribution >= 4 is 6.08 Å². The third-order valence-corrected chi connectivity index (χ3v) is 1.52. The van der Waals surface area contributed by atoms with Crippen LogP contribution in [0.1, 0.15) is 18.9 Å². The minimum absolute atomic E-state index is 0.0411. The zero-order chi connectivity index (χ0) is 8.97. The summed E-state index contributed by atoms with van der Waals surface area (Å²) in [5.41, 5.74) is 0.0411. The lowest BCUT2D eigenvalue weighted by atomic mass is 10.2. The number of hydrogen-bond acceptors (Lipinski definition) is 0. The molecule has 0 saturated heterocycles. The Morgan fingerprint density at radius 3 is 2.33 bits per heavy atom. The van der Waals surface area contributed by atoms with E-state index in [-0.39, 0.29) is 5.56 Å². The molecule has 1 rings (SSSR count). The summed E-state index contributed by atoms with van der Waals surface area (Å²) in [6.07, 6.45) is 3.96. The number of allylic oxidation sites excluding steroid dienone is 1. The van der Waals surface area contributed by atoms with Gasteiger partial charge in [0.25, 0.3) is 0 Å². The van der Waals surface area contributed by atoms with Crippen LogP contribution >= 0.6 is 0 Å². The predicted molar refractivity (Wildman–Crippen MR) is 45.7 cm³/mol. The van der Waals surface area contributed by atoms with Crippen molar-refractivity contribution in [3.8, 4) is 0 Å². The van der Waals surface area contributed by atoms with Gasteiger partial charge in [-0.1, -0.05) is 25.1 Å². The first-order valence-corrected chi connectivity index (χ1v) is 3.86. The van der Waals surface area contributed by atoms with Crippen molar-refractivity contribution < 1.29 is 8.78 Å². The normalized spacial score (nSPS) is 10.9. The van der Waals surface area contributed by atoms with Gasteiger partial charge in [0.1, 0.15) is 11.6 Å². The van der Waals surface area contributed by atoms with Crippen LogP contribution in [-0.2, 0) is 0 Å². The van der Waals surface area contributed by atoms with E-state index in [0.717, 1.165) is 6.42 Å². The van der Waals surface area contributed by atoms with E-state index in [1.54, 1.807) is 6.08 Å². The molecule has 12 heavy (non-hydrogen) atoms. The standard InChI is InChI=1S/C10H10F2/c1-2-3-5-8-9(11)6-4-7-10(8)12/h3-7H,2H2,1H3. The molecule has 0 aromatic heterocycles. The van der Waals surface area contributed by atoms with Gasteiger partial charge in [0, 0.05) is 5.56 Å². The summed E-state index contributed by atoms with van der Waals surface area (Å²) >= 11 is 0. The van der Waals surface area contributed by atoms with E-state index in [1.165, 1.54) is 24.3 Å². The Balaban J connectivity index is 3.04. The minimum Gasteiger partial charge on any atom is -0.206 e. The Kier molecular flexibility index (Phi) is 2.97. The van der Waals surface area contributed by atoms with Crippen LogP contribution < -0.4 is 0 Å². The van der Waals surface area contributed by atoms with Gasteiger partial charge in [-0.15, -0.1) is 0 Å². The fraction of sp³-hybridized carbons (Fsp3) is 0.200. The molecule has 0 fully saturated rings. The molecule has 2 heteroatoms. The van der Waals surface area contributed by atoms with Gasteiger partial charge >= 0.3 is 0 Å². The maximum Gasteiger partial charge on any atom is 0.133 e. The molecule has 0 amide bonds. The molecule has 0 nitrogen and oxygen atoms in total. The van der Waals surface area contributed by atoms with Crippen molar-refractivity contribution in [2.75, 3.05) is 0 Å². The SMILES string of the molecule is CCC=Cc1c(F)cccc1F. The maximum atomic E-state index is 12.9. The van der Waals surface area contributed by atoms with Gasteiger partial charge in [-0.05, 0) is 18.6 Å². The van der Waals surface area contributed by atoms with Crippen molar-refractivity contribution in [1.82, 2.24) is 0 Å². The van der Waals surface area contributed by atoms with Crippen molar-refractivity contribution in [2.45, 2.75) is 13.3 Å². The molecule has 1 aromatic rings. The van der Waals surface area contributed by atoms with E-state index < -0.39 is 11.6 Å². The molecule has 0 radical (unpaired) electrons. The molecule has 0 spiro atoms. The van der Waals surface area contributed by atoms with Crippen LogP contribution in [0.3, 0.4) is 0 Å². The summed E-state index contributed by atoms with van der Waals surface area (Å²) in [6, 6.07) is 3.85. The van der Waals surface area contributed by atoms with E-state index in [9.17, 15) is 8.78 Å². The monoisotopic (exact) mass is 168 g/mol. The second kappa shape index (κ2) is 4.00. The van der Waals surface area contributed by atoms with E-state index in [0.29, 0.717) is 0 Å². The van der Waals surface area contributed by atoms with E-state index in [1.807, 2.05) is 6.92 Å². The quantitative estimate of drug-likeness (QED) is 0.635. The molecule has 0 N–H and O–H groups in total. The van der Waals surface area contributed by atoms with E-state index >= 15 is 0 Å². The lowest BCUT2D eigenvalue weighted by Gasteiger charge is -1.97. The molecule has 0 heterocycles. The van der Waals surface area contributed by atoms with Crippen LogP contribution in [0.25, 0.3) is 6.08 Å². The van der Waals surface area contributed by atoms with Crippen molar-refractivity contribution in [3.05, 3.63) is 41.5 Å². The lowest BCUT2D eigenvalue weighted by Crippen LogP contribution is -1.86. The van der Waals surface area contributed by atoms with Crippen LogP contribution in [0, 0.1) is 11.6 Å². The largest absolute Gasteiger partial charge is 0.206 e. The predicted octanol–water partition coefficient (Wildman–Crippen LogP) is 3.39. The lowest BCUT2D eigenvalue weighted by molar-refractivity contribution is 0.578. The smallest absolute Gasteiger partial charge is 0.133 e. The van der Waals surface area contributed by atoms with Gasteiger partial charge in [0.2, 0.25) is 0 Å². The fourth-order valence-corrected chi connectivity index (χ4v) is 0.906. The highest BCUT2D eigenvalue weighted by Crippen LogP contribution is 2.13. The first-order chi connectivity index (χ1) is 5.75. The van der Waals surface area contributed by atoms with Crippen LogP contribution in [0.5, 0.6) is 0 Å².